The van der Waals surface area contributed by atoms with Crippen molar-refractivity contribution in [1.82, 2.24) is 0 Å². The van der Waals surface area contributed by atoms with E-state index in [1.54, 1.807) is 0 Å². The molecule has 144 valence electrons. The highest BCUT2D eigenvalue weighted by Gasteiger charge is 1.93. The molecule has 0 bridgehead atoms. The fourth-order valence-corrected chi connectivity index (χ4v) is 2.98. The summed E-state index contributed by atoms with van der Waals surface area (Å²) in [6, 6.07) is 0. The van der Waals surface area contributed by atoms with Gasteiger partial charge in [0.2, 0.25) is 0 Å². The summed E-state index contributed by atoms with van der Waals surface area (Å²) in [5.41, 5.74) is 0. The molecule has 0 saturated carbocycles. The van der Waals surface area contributed by atoms with E-state index in [2.05, 4.69) is 26.0 Å². The Morgan fingerprint density at radius 2 is 0.875 bits per heavy atom. The van der Waals surface area contributed by atoms with Gasteiger partial charge in [0.15, 0.2) is 0 Å². The first-order valence-corrected chi connectivity index (χ1v) is 11.1. The van der Waals surface area contributed by atoms with Gasteiger partial charge in [-0.25, -0.2) is 0 Å². The van der Waals surface area contributed by atoms with Gasteiger partial charge in [-0.15, -0.1) is 0 Å². The Hall–Kier alpha value is -0.300. The Kier molecular flexibility index (Phi) is 22.4. The van der Waals surface area contributed by atoms with E-state index in [0.717, 1.165) is 13.2 Å². The van der Waals surface area contributed by atoms with Gasteiger partial charge < -0.3 is 4.74 Å². The van der Waals surface area contributed by atoms with E-state index in [1.165, 1.54) is 109 Å². The highest BCUT2D eigenvalue weighted by Crippen LogP contribution is 2.10. The van der Waals surface area contributed by atoms with Gasteiger partial charge in [0, 0.05) is 13.2 Å². The van der Waals surface area contributed by atoms with Crippen LogP contribution < -0.4 is 0 Å². The van der Waals surface area contributed by atoms with Crippen LogP contribution in [0.2, 0.25) is 0 Å². The van der Waals surface area contributed by atoms with Crippen molar-refractivity contribution >= 4 is 0 Å². The van der Waals surface area contributed by atoms with Crippen molar-refractivity contribution in [3.05, 3.63) is 12.2 Å². The lowest BCUT2D eigenvalue weighted by Gasteiger charge is -2.03. The largest absolute Gasteiger partial charge is 0.381 e. The second-order valence-corrected chi connectivity index (χ2v) is 7.26. The SMILES string of the molecule is CCCCCCCCC=CCCCCCCCCCOCCCC. The Bertz CT molecular complexity index is 234. The smallest absolute Gasteiger partial charge is 0.0466 e. The zero-order chi connectivity index (χ0) is 17.6. The molecule has 0 aromatic carbocycles. The number of unbranched alkanes of at least 4 members (excludes halogenated alkanes) is 14. The second-order valence-electron chi connectivity index (χ2n) is 7.26. The van der Waals surface area contributed by atoms with Crippen LogP contribution in [0.4, 0.5) is 0 Å². The predicted octanol–water partition coefficient (Wildman–Crippen LogP) is 8.23. The molecule has 0 aliphatic heterocycles. The third kappa shape index (κ3) is 21.7. The highest BCUT2D eigenvalue weighted by atomic mass is 16.5. The van der Waals surface area contributed by atoms with E-state index in [1.807, 2.05) is 0 Å². The van der Waals surface area contributed by atoms with Gasteiger partial charge in [0.05, 0.1) is 0 Å². The lowest BCUT2D eigenvalue weighted by molar-refractivity contribution is 0.127. The second kappa shape index (κ2) is 22.7. The molecule has 0 amide bonds. The van der Waals surface area contributed by atoms with Crippen LogP contribution >= 0.6 is 0 Å². The fourth-order valence-electron chi connectivity index (χ4n) is 2.98. The normalized spacial score (nSPS) is 11.6. The molecule has 0 rings (SSSR count). The molecule has 1 nitrogen and oxygen atoms in total. The Morgan fingerprint density at radius 3 is 1.42 bits per heavy atom. The van der Waals surface area contributed by atoms with Crippen molar-refractivity contribution in [3.8, 4) is 0 Å². The first kappa shape index (κ1) is 23.7. The van der Waals surface area contributed by atoms with Crippen LogP contribution in [0.3, 0.4) is 0 Å². The van der Waals surface area contributed by atoms with Crippen molar-refractivity contribution in [2.45, 2.75) is 123 Å². The maximum atomic E-state index is 5.59. The molecule has 0 aromatic rings. The monoisotopic (exact) mass is 338 g/mol. The Morgan fingerprint density at radius 1 is 0.458 bits per heavy atom. The summed E-state index contributed by atoms with van der Waals surface area (Å²) in [6.45, 7) is 6.44. The minimum atomic E-state index is 0.961. The van der Waals surface area contributed by atoms with Crippen molar-refractivity contribution in [3.63, 3.8) is 0 Å². The van der Waals surface area contributed by atoms with Crippen LogP contribution in [0.1, 0.15) is 123 Å². The number of hydrogen-bond acceptors (Lipinski definition) is 1. The Balaban J connectivity index is 3.03. The standard InChI is InChI=1S/C23H46O/c1-3-5-7-8-9-10-11-12-13-14-15-16-17-18-19-20-21-23-24-22-6-4-2/h12-13H,3-11,14-23H2,1-2H3. The average Bonchev–Trinajstić information content (AvgIpc) is 2.60. The number of hydrogen-bond donors (Lipinski definition) is 0. The first-order valence-electron chi connectivity index (χ1n) is 11.1. The van der Waals surface area contributed by atoms with E-state index in [0.29, 0.717) is 0 Å². The molecule has 0 saturated heterocycles. The van der Waals surface area contributed by atoms with E-state index in [-0.39, 0.29) is 0 Å². The molecule has 0 atom stereocenters. The zero-order valence-corrected chi connectivity index (χ0v) is 17.0. The van der Waals surface area contributed by atoms with Crippen molar-refractivity contribution < 1.29 is 4.74 Å². The third-order valence-corrected chi connectivity index (χ3v) is 4.69. The van der Waals surface area contributed by atoms with Crippen LogP contribution in [-0.2, 0) is 4.74 Å². The lowest BCUT2D eigenvalue weighted by Crippen LogP contribution is -1.96. The number of ether oxygens (including phenoxy) is 1. The van der Waals surface area contributed by atoms with Gasteiger partial charge in [0.25, 0.3) is 0 Å². The average molecular weight is 339 g/mol. The molecule has 24 heavy (non-hydrogen) atoms. The van der Waals surface area contributed by atoms with E-state index < -0.39 is 0 Å². The predicted molar refractivity (Wildman–Crippen MR) is 110 cm³/mol. The van der Waals surface area contributed by atoms with Gasteiger partial charge in [0.1, 0.15) is 0 Å². The summed E-state index contributed by atoms with van der Waals surface area (Å²) < 4.78 is 5.59. The molecule has 0 radical (unpaired) electrons. The third-order valence-electron chi connectivity index (χ3n) is 4.69. The van der Waals surface area contributed by atoms with Crippen LogP contribution in [0.5, 0.6) is 0 Å². The molecular formula is C23H46O. The first-order chi connectivity index (χ1) is 11.9. The molecule has 0 fully saturated rings. The summed E-state index contributed by atoms with van der Waals surface area (Å²) in [5.74, 6) is 0. The molecule has 0 unspecified atom stereocenters. The van der Waals surface area contributed by atoms with Gasteiger partial charge in [-0.05, 0) is 38.5 Å². The summed E-state index contributed by atoms with van der Waals surface area (Å²) in [5, 5.41) is 0. The van der Waals surface area contributed by atoms with Gasteiger partial charge in [-0.1, -0.05) is 96.6 Å². The molecule has 0 aliphatic rings. The highest BCUT2D eigenvalue weighted by molar-refractivity contribution is 4.81. The molecule has 0 N–H and O–H groups in total. The molecule has 0 spiro atoms. The quantitative estimate of drug-likeness (QED) is 0.160. The van der Waals surface area contributed by atoms with Gasteiger partial charge in [-0.3, -0.25) is 0 Å². The number of rotatable bonds is 20. The van der Waals surface area contributed by atoms with Crippen molar-refractivity contribution in [1.29, 1.82) is 0 Å². The Labute approximate surface area is 153 Å². The van der Waals surface area contributed by atoms with Crippen LogP contribution in [0.15, 0.2) is 12.2 Å². The zero-order valence-electron chi connectivity index (χ0n) is 17.0. The van der Waals surface area contributed by atoms with Crippen LogP contribution in [0.25, 0.3) is 0 Å². The van der Waals surface area contributed by atoms with E-state index in [9.17, 15) is 0 Å². The maximum Gasteiger partial charge on any atom is 0.0466 e. The van der Waals surface area contributed by atoms with E-state index >= 15 is 0 Å². The lowest BCUT2D eigenvalue weighted by atomic mass is 10.1. The minimum absolute atomic E-state index is 0.961. The van der Waals surface area contributed by atoms with Crippen molar-refractivity contribution in [2.75, 3.05) is 13.2 Å². The summed E-state index contributed by atoms with van der Waals surface area (Å²) in [7, 11) is 0. The van der Waals surface area contributed by atoms with E-state index in [4.69, 9.17) is 4.74 Å². The van der Waals surface area contributed by atoms with Gasteiger partial charge >= 0.3 is 0 Å². The topological polar surface area (TPSA) is 9.23 Å². The molecule has 1 heteroatoms. The summed E-state index contributed by atoms with van der Waals surface area (Å²) >= 11 is 0. The van der Waals surface area contributed by atoms with Gasteiger partial charge in [-0.2, -0.15) is 0 Å². The molecule has 0 aromatic heterocycles. The van der Waals surface area contributed by atoms with Crippen molar-refractivity contribution in [2.24, 2.45) is 0 Å². The molecule has 0 heterocycles. The number of allylic oxidation sites excluding steroid dienone is 2. The summed E-state index contributed by atoms with van der Waals surface area (Å²) in [6.07, 6.45) is 28.0. The van der Waals surface area contributed by atoms with Crippen LogP contribution in [-0.4, -0.2) is 13.2 Å². The molecular weight excluding hydrogens is 292 g/mol. The summed E-state index contributed by atoms with van der Waals surface area (Å²) in [4.78, 5) is 0. The fraction of sp³-hybridized carbons (Fsp3) is 0.913. The molecule has 0 aliphatic carbocycles. The maximum absolute atomic E-state index is 5.59. The van der Waals surface area contributed by atoms with Crippen LogP contribution in [0, 0.1) is 0 Å². The minimum Gasteiger partial charge on any atom is -0.381 e.